The van der Waals surface area contributed by atoms with Gasteiger partial charge in [-0.25, -0.2) is 14.2 Å². The molecule has 2 aromatic rings. The summed E-state index contributed by atoms with van der Waals surface area (Å²) >= 11 is 0. The minimum Gasteiger partial charge on any atom is -0.451 e. The second-order valence-electron chi connectivity index (χ2n) is 3.81. The molecule has 0 fully saturated rings. The van der Waals surface area contributed by atoms with Gasteiger partial charge in [0.15, 0.2) is 17.4 Å². The van der Waals surface area contributed by atoms with Crippen LogP contribution in [0.15, 0.2) is 36.4 Å². The molecule has 0 aliphatic heterocycles. The fourth-order valence-electron chi connectivity index (χ4n) is 1.60. The summed E-state index contributed by atoms with van der Waals surface area (Å²) in [7, 11) is 0. The van der Waals surface area contributed by atoms with Gasteiger partial charge < -0.3 is 4.74 Å². The minimum absolute atomic E-state index is 0.371. The Bertz CT molecular complexity index is 553. The molecule has 4 N–H and O–H groups in total. The molecule has 2 aromatic carbocycles. The molecule has 0 amide bonds. The highest BCUT2D eigenvalue weighted by atomic mass is 19.1. The van der Waals surface area contributed by atoms with E-state index in [0.29, 0.717) is 5.75 Å². The van der Waals surface area contributed by atoms with E-state index in [-0.39, 0.29) is 0 Å². The molecule has 0 heterocycles. The van der Waals surface area contributed by atoms with Crippen LogP contribution in [0.1, 0.15) is 5.56 Å². The van der Waals surface area contributed by atoms with Crippen LogP contribution in [0.2, 0.25) is 0 Å². The van der Waals surface area contributed by atoms with Gasteiger partial charge in [0.25, 0.3) is 0 Å². The van der Waals surface area contributed by atoms with Crippen molar-refractivity contribution in [2.45, 2.75) is 6.92 Å². The van der Waals surface area contributed by atoms with Crippen molar-refractivity contribution in [3.63, 3.8) is 0 Å². The lowest BCUT2D eigenvalue weighted by Gasteiger charge is -2.09. The average molecular weight is 251 g/mol. The number of nitrogens with one attached hydrogen (secondary N) is 1. The summed E-state index contributed by atoms with van der Waals surface area (Å²) in [6, 6.07) is 8.62. The van der Waals surface area contributed by atoms with Crippen molar-refractivity contribution in [3.8, 4) is 11.5 Å². The van der Waals surface area contributed by atoms with Crippen LogP contribution in [0.3, 0.4) is 0 Å². The third-order valence-corrected chi connectivity index (χ3v) is 2.53. The average Bonchev–Trinajstić information content (AvgIpc) is 2.34. The smallest absolute Gasteiger partial charge is 0.198 e. The molecule has 2 rings (SSSR count). The summed E-state index contributed by atoms with van der Waals surface area (Å²) in [5.74, 6) is 2.06. The highest BCUT2D eigenvalue weighted by Gasteiger charge is 2.11. The van der Waals surface area contributed by atoms with Crippen LogP contribution >= 0.6 is 0 Å². The number of quaternary nitrogens is 1. The molecule has 0 radical (unpaired) electrons. The van der Waals surface area contributed by atoms with Crippen LogP contribution in [0, 0.1) is 18.6 Å². The van der Waals surface area contributed by atoms with Crippen molar-refractivity contribution in [3.05, 3.63) is 53.6 Å². The molecular weight excluding hydrogens is 238 g/mol. The van der Waals surface area contributed by atoms with E-state index in [2.05, 4.69) is 11.3 Å². The molecule has 0 aliphatic rings. The summed E-state index contributed by atoms with van der Waals surface area (Å²) in [6.07, 6.45) is 0. The number of para-hydroxylation sites is 1. The van der Waals surface area contributed by atoms with Gasteiger partial charge in [0.05, 0.1) is 5.69 Å². The lowest BCUT2D eigenvalue weighted by Crippen LogP contribution is -2.56. The number of hydrogen-bond donors (Lipinski definition) is 2. The van der Waals surface area contributed by atoms with Crippen molar-refractivity contribution < 1.29 is 19.4 Å². The van der Waals surface area contributed by atoms with E-state index in [9.17, 15) is 8.78 Å². The molecule has 3 nitrogen and oxygen atoms in total. The predicted octanol–water partition coefficient (Wildman–Crippen LogP) is 2.63. The summed E-state index contributed by atoms with van der Waals surface area (Å²) in [5.41, 5.74) is 4.46. The SMILES string of the molecule is Cc1cc(Oc2c(F)cccc2F)ccc1N[NH3+]. The van der Waals surface area contributed by atoms with Gasteiger partial charge in [-0.05, 0) is 42.8 Å². The second kappa shape index (κ2) is 5.01. The van der Waals surface area contributed by atoms with Crippen molar-refractivity contribution in [1.29, 1.82) is 0 Å². The van der Waals surface area contributed by atoms with E-state index in [1.165, 1.54) is 6.07 Å². The van der Waals surface area contributed by atoms with Gasteiger partial charge in [0.2, 0.25) is 0 Å². The Balaban J connectivity index is 2.32. The molecule has 0 bridgehead atoms. The summed E-state index contributed by atoms with van der Waals surface area (Å²) in [5, 5.41) is 0. The van der Waals surface area contributed by atoms with Gasteiger partial charge >= 0.3 is 0 Å². The molecule has 94 valence electrons. The van der Waals surface area contributed by atoms with E-state index in [1.807, 2.05) is 6.92 Å². The molecule has 0 aliphatic carbocycles. The van der Waals surface area contributed by atoms with Crippen LogP contribution < -0.4 is 16.0 Å². The van der Waals surface area contributed by atoms with Gasteiger partial charge in [-0.1, -0.05) is 6.07 Å². The Morgan fingerprint density at radius 1 is 1.11 bits per heavy atom. The van der Waals surface area contributed by atoms with Crippen LogP contribution in [0.5, 0.6) is 11.5 Å². The summed E-state index contributed by atoms with van der Waals surface area (Å²) in [6.45, 7) is 1.85. The molecular formula is C13H13F2N2O+. The first-order chi connectivity index (χ1) is 8.61. The quantitative estimate of drug-likeness (QED) is 0.824. The zero-order chi connectivity index (χ0) is 13.1. The van der Waals surface area contributed by atoms with Gasteiger partial charge in [-0.3, -0.25) is 5.84 Å². The van der Waals surface area contributed by atoms with Crippen LogP contribution in [0.25, 0.3) is 0 Å². The molecule has 0 unspecified atom stereocenters. The largest absolute Gasteiger partial charge is 0.451 e. The minimum atomic E-state index is -0.730. The normalized spacial score (nSPS) is 10.2. The standard InChI is InChI=1S/C13H12F2N2O/c1-8-7-9(5-6-12(8)17-16)18-13-10(14)3-2-4-11(13)15/h2-7,17H,16H2,1H3/p+1. The summed E-state index contributed by atoms with van der Waals surface area (Å²) in [4.78, 5) is 0. The van der Waals surface area contributed by atoms with Crippen LogP contribution in [-0.2, 0) is 0 Å². The number of halogens is 2. The number of ether oxygens (including phenoxy) is 1. The van der Waals surface area contributed by atoms with Crippen molar-refractivity contribution in [2.24, 2.45) is 0 Å². The fraction of sp³-hybridized carbons (Fsp3) is 0.0769. The lowest BCUT2D eigenvalue weighted by molar-refractivity contribution is -0.325. The number of hydrogen-bond acceptors (Lipinski definition) is 2. The van der Waals surface area contributed by atoms with Gasteiger partial charge in [0.1, 0.15) is 5.75 Å². The van der Waals surface area contributed by atoms with Crippen LogP contribution in [-0.4, -0.2) is 0 Å². The molecule has 5 heteroatoms. The number of anilines is 1. The van der Waals surface area contributed by atoms with Crippen molar-refractivity contribution >= 4 is 5.69 Å². The maximum absolute atomic E-state index is 13.4. The van der Waals surface area contributed by atoms with Gasteiger partial charge in [-0.2, -0.15) is 0 Å². The third kappa shape index (κ3) is 2.41. The topological polar surface area (TPSA) is 48.9 Å². The molecule has 0 atom stereocenters. The Labute approximate surface area is 103 Å². The Morgan fingerprint density at radius 3 is 2.33 bits per heavy atom. The lowest BCUT2D eigenvalue weighted by atomic mass is 10.2. The Morgan fingerprint density at radius 2 is 1.78 bits per heavy atom. The molecule has 0 spiro atoms. The highest BCUT2D eigenvalue weighted by Crippen LogP contribution is 2.29. The first-order valence-corrected chi connectivity index (χ1v) is 5.37. The molecule has 18 heavy (non-hydrogen) atoms. The summed E-state index contributed by atoms with van der Waals surface area (Å²) < 4.78 is 32.0. The van der Waals surface area contributed by atoms with Crippen LogP contribution in [0.4, 0.5) is 14.5 Å². The first kappa shape index (κ1) is 12.3. The monoisotopic (exact) mass is 251 g/mol. The Kier molecular flexibility index (Phi) is 3.43. The van der Waals surface area contributed by atoms with E-state index in [1.54, 1.807) is 18.2 Å². The molecule has 0 saturated carbocycles. The number of aryl methyl sites for hydroxylation is 1. The van der Waals surface area contributed by atoms with E-state index in [4.69, 9.17) is 4.74 Å². The maximum atomic E-state index is 13.4. The third-order valence-electron chi connectivity index (χ3n) is 2.53. The molecule has 0 saturated heterocycles. The number of rotatable bonds is 3. The Hall–Kier alpha value is -2.14. The van der Waals surface area contributed by atoms with E-state index in [0.717, 1.165) is 23.4 Å². The zero-order valence-electron chi connectivity index (χ0n) is 9.84. The maximum Gasteiger partial charge on any atom is 0.198 e. The predicted molar refractivity (Wildman–Crippen MR) is 64.1 cm³/mol. The second-order valence-corrected chi connectivity index (χ2v) is 3.81. The van der Waals surface area contributed by atoms with Gasteiger partial charge in [-0.15, -0.1) is 0 Å². The molecule has 0 aromatic heterocycles. The van der Waals surface area contributed by atoms with E-state index >= 15 is 0 Å². The number of benzene rings is 2. The highest BCUT2D eigenvalue weighted by molar-refractivity contribution is 5.52. The first-order valence-electron chi connectivity index (χ1n) is 5.37. The zero-order valence-corrected chi connectivity index (χ0v) is 9.84. The fourth-order valence-corrected chi connectivity index (χ4v) is 1.60. The van der Waals surface area contributed by atoms with E-state index < -0.39 is 17.4 Å². The van der Waals surface area contributed by atoms with Gasteiger partial charge in [0, 0.05) is 0 Å². The van der Waals surface area contributed by atoms with Crippen molar-refractivity contribution in [1.82, 2.24) is 0 Å². The van der Waals surface area contributed by atoms with Crippen molar-refractivity contribution in [2.75, 3.05) is 5.43 Å².